The Hall–Kier alpha value is -0.450. The van der Waals surface area contributed by atoms with E-state index >= 15 is 0 Å². The summed E-state index contributed by atoms with van der Waals surface area (Å²) in [6, 6.07) is 5.33. The van der Waals surface area contributed by atoms with E-state index < -0.39 is 0 Å². The highest BCUT2D eigenvalue weighted by atomic mass is 79.9. The topological polar surface area (TPSA) is 38.0 Å². The SMILES string of the molecule is NNC(c1cccc(Br)c1F)C1CCCCCC1. The van der Waals surface area contributed by atoms with Gasteiger partial charge >= 0.3 is 0 Å². The van der Waals surface area contributed by atoms with Gasteiger partial charge in [0.1, 0.15) is 5.82 Å². The maximum Gasteiger partial charge on any atom is 0.142 e. The van der Waals surface area contributed by atoms with Crippen molar-refractivity contribution in [3.8, 4) is 0 Å². The molecular weight excluding hydrogens is 295 g/mol. The molecule has 0 aromatic heterocycles. The summed E-state index contributed by atoms with van der Waals surface area (Å²) in [4.78, 5) is 0. The second-order valence-electron chi connectivity index (χ2n) is 5.04. The Balaban J connectivity index is 2.23. The zero-order chi connectivity index (χ0) is 13.0. The lowest BCUT2D eigenvalue weighted by molar-refractivity contribution is 0.321. The van der Waals surface area contributed by atoms with Gasteiger partial charge in [0.2, 0.25) is 0 Å². The van der Waals surface area contributed by atoms with Crippen LogP contribution < -0.4 is 11.3 Å². The molecule has 4 heteroatoms. The summed E-state index contributed by atoms with van der Waals surface area (Å²) in [7, 11) is 0. The largest absolute Gasteiger partial charge is 0.271 e. The van der Waals surface area contributed by atoms with Crippen LogP contribution in [0.3, 0.4) is 0 Å². The molecule has 1 unspecified atom stereocenters. The molecule has 0 heterocycles. The molecule has 0 amide bonds. The lowest BCUT2D eigenvalue weighted by Gasteiger charge is -2.26. The summed E-state index contributed by atoms with van der Waals surface area (Å²) in [6.45, 7) is 0. The van der Waals surface area contributed by atoms with Crippen LogP contribution in [-0.4, -0.2) is 0 Å². The standard InChI is InChI=1S/C14H20BrFN2/c15-12-9-5-8-11(13(12)16)14(18-17)10-6-3-1-2-4-7-10/h5,8-10,14,18H,1-4,6-7,17H2. The normalized spacial score (nSPS) is 19.5. The number of hydrazine groups is 1. The molecule has 0 spiro atoms. The van der Waals surface area contributed by atoms with Crippen LogP contribution in [0.1, 0.15) is 50.1 Å². The Morgan fingerprint density at radius 2 is 1.89 bits per heavy atom. The van der Waals surface area contributed by atoms with E-state index in [4.69, 9.17) is 5.84 Å². The maximum atomic E-state index is 14.2. The second-order valence-corrected chi connectivity index (χ2v) is 5.89. The Labute approximate surface area is 116 Å². The van der Waals surface area contributed by atoms with E-state index in [1.54, 1.807) is 6.07 Å². The van der Waals surface area contributed by atoms with E-state index in [9.17, 15) is 4.39 Å². The smallest absolute Gasteiger partial charge is 0.142 e. The zero-order valence-electron chi connectivity index (χ0n) is 10.5. The Morgan fingerprint density at radius 3 is 2.50 bits per heavy atom. The van der Waals surface area contributed by atoms with E-state index in [1.807, 2.05) is 12.1 Å². The summed E-state index contributed by atoms with van der Waals surface area (Å²) in [5, 5.41) is 0. The van der Waals surface area contributed by atoms with Crippen LogP contribution in [0.25, 0.3) is 0 Å². The van der Waals surface area contributed by atoms with Gasteiger partial charge < -0.3 is 0 Å². The highest BCUT2D eigenvalue weighted by molar-refractivity contribution is 9.10. The summed E-state index contributed by atoms with van der Waals surface area (Å²) < 4.78 is 14.7. The Morgan fingerprint density at radius 1 is 1.22 bits per heavy atom. The highest BCUT2D eigenvalue weighted by Crippen LogP contribution is 2.35. The van der Waals surface area contributed by atoms with Gasteiger partial charge in [0, 0.05) is 5.56 Å². The lowest BCUT2D eigenvalue weighted by Crippen LogP contribution is -2.34. The minimum atomic E-state index is -0.190. The van der Waals surface area contributed by atoms with E-state index in [2.05, 4.69) is 21.4 Å². The van der Waals surface area contributed by atoms with Gasteiger partial charge in [0.15, 0.2) is 0 Å². The first-order chi connectivity index (χ1) is 8.74. The summed E-state index contributed by atoms with van der Waals surface area (Å²) in [5.74, 6) is 5.92. The molecule has 3 N–H and O–H groups in total. The van der Waals surface area contributed by atoms with Gasteiger partial charge in [-0.1, -0.05) is 37.8 Å². The fourth-order valence-electron chi connectivity index (χ4n) is 2.88. The quantitative estimate of drug-likeness (QED) is 0.501. The van der Waals surface area contributed by atoms with Gasteiger partial charge in [-0.3, -0.25) is 11.3 Å². The molecule has 0 bridgehead atoms. The number of hydrogen-bond acceptors (Lipinski definition) is 2. The molecule has 2 nitrogen and oxygen atoms in total. The highest BCUT2D eigenvalue weighted by Gasteiger charge is 2.26. The lowest BCUT2D eigenvalue weighted by atomic mass is 9.87. The molecule has 1 saturated carbocycles. The second kappa shape index (κ2) is 6.64. The average molecular weight is 315 g/mol. The number of hydrogen-bond donors (Lipinski definition) is 2. The minimum Gasteiger partial charge on any atom is -0.271 e. The van der Waals surface area contributed by atoms with Crippen LogP contribution in [0.5, 0.6) is 0 Å². The van der Waals surface area contributed by atoms with Crippen LogP contribution in [0, 0.1) is 11.7 Å². The zero-order valence-corrected chi connectivity index (χ0v) is 12.0. The van der Waals surface area contributed by atoms with Gasteiger partial charge in [-0.2, -0.15) is 0 Å². The van der Waals surface area contributed by atoms with Crippen molar-refractivity contribution >= 4 is 15.9 Å². The molecule has 2 rings (SSSR count). The van der Waals surface area contributed by atoms with Crippen molar-refractivity contribution < 1.29 is 4.39 Å². The first-order valence-corrected chi connectivity index (χ1v) is 7.43. The molecule has 1 aliphatic carbocycles. The van der Waals surface area contributed by atoms with Crippen LogP contribution in [0.15, 0.2) is 22.7 Å². The number of nitrogens with two attached hydrogens (primary N) is 1. The Kier molecular flexibility index (Phi) is 5.15. The molecule has 1 atom stereocenters. The predicted octanol–water partition coefficient (Wildman–Crippen LogP) is 4.06. The minimum absolute atomic E-state index is 0.0828. The van der Waals surface area contributed by atoms with Crippen molar-refractivity contribution in [2.75, 3.05) is 0 Å². The van der Waals surface area contributed by atoms with Crippen LogP contribution in [-0.2, 0) is 0 Å². The maximum absolute atomic E-state index is 14.2. The van der Waals surface area contributed by atoms with Crippen LogP contribution in [0.2, 0.25) is 0 Å². The molecule has 0 saturated heterocycles. The Bertz CT molecular complexity index is 389. The van der Waals surface area contributed by atoms with Gasteiger partial charge in [0.05, 0.1) is 10.5 Å². The van der Waals surface area contributed by atoms with Crippen LogP contribution in [0.4, 0.5) is 4.39 Å². The molecular formula is C14H20BrFN2. The molecule has 18 heavy (non-hydrogen) atoms. The third-order valence-corrected chi connectivity index (χ3v) is 4.48. The molecule has 1 fully saturated rings. The number of benzene rings is 1. The van der Waals surface area contributed by atoms with Crippen molar-refractivity contribution in [2.45, 2.75) is 44.6 Å². The number of halogens is 2. The summed E-state index contributed by atoms with van der Waals surface area (Å²) in [5.41, 5.74) is 3.50. The fourth-order valence-corrected chi connectivity index (χ4v) is 3.27. The average Bonchev–Trinajstić information content (AvgIpc) is 2.64. The summed E-state index contributed by atoms with van der Waals surface area (Å²) in [6.07, 6.45) is 7.27. The first kappa shape index (κ1) is 14.0. The third-order valence-electron chi connectivity index (χ3n) is 3.87. The van der Waals surface area contributed by atoms with Gasteiger partial charge in [-0.15, -0.1) is 0 Å². The molecule has 1 aromatic rings. The van der Waals surface area contributed by atoms with Crippen molar-refractivity contribution in [3.05, 3.63) is 34.1 Å². The van der Waals surface area contributed by atoms with E-state index in [1.165, 1.54) is 25.7 Å². The monoisotopic (exact) mass is 314 g/mol. The number of rotatable bonds is 3. The van der Waals surface area contributed by atoms with E-state index in [0.29, 0.717) is 16.0 Å². The molecule has 0 aliphatic heterocycles. The van der Waals surface area contributed by atoms with Crippen molar-refractivity contribution in [2.24, 2.45) is 11.8 Å². The van der Waals surface area contributed by atoms with Gasteiger partial charge in [-0.05, 0) is 40.8 Å². The van der Waals surface area contributed by atoms with Gasteiger partial charge in [-0.25, -0.2) is 4.39 Å². The predicted molar refractivity (Wildman–Crippen MR) is 75.4 cm³/mol. The van der Waals surface area contributed by atoms with Crippen molar-refractivity contribution in [1.29, 1.82) is 0 Å². The number of nitrogens with one attached hydrogen (secondary N) is 1. The van der Waals surface area contributed by atoms with Gasteiger partial charge in [0.25, 0.3) is 0 Å². The first-order valence-electron chi connectivity index (χ1n) is 6.64. The molecule has 1 aliphatic rings. The molecule has 100 valence electrons. The fraction of sp³-hybridized carbons (Fsp3) is 0.571. The van der Waals surface area contributed by atoms with Crippen molar-refractivity contribution in [1.82, 2.24) is 5.43 Å². The molecule has 1 aromatic carbocycles. The van der Waals surface area contributed by atoms with Crippen LogP contribution >= 0.6 is 15.9 Å². The third kappa shape index (κ3) is 3.11. The molecule has 0 radical (unpaired) electrons. The summed E-state index contributed by atoms with van der Waals surface area (Å²) >= 11 is 3.24. The van der Waals surface area contributed by atoms with E-state index in [-0.39, 0.29) is 11.9 Å². The van der Waals surface area contributed by atoms with E-state index in [0.717, 1.165) is 12.8 Å². The van der Waals surface area contributed by atoms with Crippen molar-refractivity contribution in [3.63, 3.8) is 0 Å².